The van der Waals surface area contributed by atoms with Crippen molar-refractivity contribution in [1.82, 2.24) is 14.8 Å². The third-order valence-corrected chi connectivity index (χ3v) is 10.6. The summed E-state index contributed by atoms with van der Waals surface area (Å²) in [6.07, 6.45) is 6.95. The van der Waals surface area contributed by atoms with Crippen molar-refractivity contribution in [2.45, 2.75) is 70.9 Å². The van der Waals surface area contributed by atoms with E-state index in [2.05, 4.69) is 16.0 Å². The van der Waals surface area contributed by atoms with Gasteiger partial charge in [-0.05, 0) is 68.5 Å². The summed E-state index contributed by atoms with van der Waals surface area (Å²) < 4.78 is 18.8. The molecule has 2 aliphatic rings. The van der Waals surface area contributed by atoms with Crippen LogP contribution in [0.2, 0.25) is 10.0 Å². The van der Waals surface area contributed by atoms with E-state index >= 15 is 0 Å². The number of nitrogens with zero attached hydrogens (tertiary/aromatic N) is 4. The molecule has 2 fully saturated rings. The van der Waals surface area contributed by atoms with Crippen LogP contribution in [0.5, 0.6) is 17.2 Å². The number of hydrogen-bond donors (Lipinski definition) is 2. The number of halogens is 2. The summed E-state index contributed by atoms with van der Waals surface area (Å²) in [6, 6.07) is 18.5. The number of nitriles is 1. The molecule has 1 aromatic heterocycles. The second kappa shape index (κ2) is 18.1. The lowest BCUT2D eigenvalue weighted by atomic mass is 9.98. The van der Waals surface area contributed by atoms with Gasteiger partial charge in [0.25, 0.3) is 0 Å². The van der Waals surface area contributed by atoms with Crippen LogP contribution in [0, 0.1) is 18.3 Å². The number of carboxylic acids is 1. The number of aromatic nitrogens is 1. The molecule has 0 radical (unpaired) electrons. The Bertz CT molecular complexity index is 1950. The maximum Gasteiger partial charge on any atom is 0.320 e. The highest BCUT2D eigenvalue weighted by Gasteiger charge is 2.29. The Labute approximate surface area is 320 Å². The van der Waals surface area contributed by atoms with Crippen LogP contribution in [0.4, 0.5) is 0 Å². The van der Waals surface area contributed by atoms with Crippen molar-refractivity contribution in [3.8, 4) is 34.4 Å². The molecular formula is C41H44Cl2N4O6. The Balaban J connectivity index is 1.18. The first-order valence-corrected chi connectivity index (χ1v) is 18.7. The monoisotopic (exact) mass is 758 g/mol. The zero-order valence-corrected chi connectivity index (χ0v) is 31.3. The molecule has 0 unspecified atom stereocenters. The van der Waals surface area contributed by atoms with Gasteiger partial charge in [0.1, 0.15) is 42.6 Å². The molecule has 2 atom stereocenters. The van der Waals surface area contributed by atoms with Crippen molar-refractivity contribution in [2.75, 3.05) is 32.8 Å². The first-order chi connectivity index (χ1) is 25.7. The van der Waals surface area contributed by atoms with Crippen molar-refractivity contribution in [1.29, 1.82) is 5.26 Å². The number of carboxylic acid groups (broad SMARTS) is 1. The molecule has 4 aromatic rings. The zero-order chi connectivity index (χ0) is 37.3. The normalized spacial score (nSPS) is 17.7. The van der Waals surface area contributed by atoms with Crippen LogP contribution in [0.15, 0.2) is 67.0 Å². The SMILES string of the molecule is Cc1c(OCCCN2CC[C@@H](O)C2)cccc1-c1cccc(COc2cc(OCc3cncc(C#N)c3)c(CN3CCCC[C@H]3C(=O)O)cc2Cl)c1Cl. The average Bonchev–Trinajstić information content (AvgIpc) is 3.58. The lowest BCUT2D eigenvalue weighted by Crippen LogP contribution is -2.44. The molecule has 2 saturated heterocycles. The van der Waals surface area contributed by atoms with Gasteiger partial charge in [-0.2, -0.15) is 5.26 Å². The van der Waals surface area contributed by atoms with Gasteiger partial charge in [0, 0.05) is 66.9 Å². The maximum absolute atomic E-state index is 12.1. The Morgan fingerprint density at radius 1 is 0.943 bits per heavy atom. The minimum Gasteiger partial charge on any atom is -0.493 e. The molecular weight excluding hydrogens is 715 g/mol. The number of hydrogen-bond acceptors (Lipinski definition) is 9. The molecule has 0 saturated carbocycles. The van der Waals surface area contributed by atoms with Crippen LogP contribution in [0.3, 0.4) is 0 Å². The smallest absolute Gasteiger partial charge is 0.320 e. The van der Waals surface area contributed by atoms with Gasteiger partial charge in [-0.15, -0.1) is 0 Å². The number of aliphatic hydroxyl groups is 1. The quantitative estimate of drug-likeness (QED) is 0.117. The molecule has 278 valence electrons. The third-order valence-electron chi connectivity index (χ3n) is 9.87. The second-order valence-electron chi connectivity index (χ2n) is 13.6. The Morgan fingerprint density at radius 2 is 1.75 bits per heavy atom. The van der Waals surface area contributed by atoms with Gasteiger partial charge >= 0.3 is 5.97 Å². The van der Waals surface area contributed by atoms with E-state index in [-0.39, 0.29) is 19.3 Å². The molecule has 12 heteroatoms. The van der Waals surface area contributed by atoms with E-state index < -0.39 is 12.0 Å². The summed E-state index contributed by atoms with van der Waals surface area (Å²) in [5, 5.41) is 29.9. The zero-order valence-electron chi connectivity index (χ0n) is 29.8. The van der Waals surface area contributed by atoms with Gasteiger partial charge in [-0.3, -0.25) is 14.7 Å². The Morgan fingerprint density at radius 3 is 2.55 bits per heavy atom. The lowest BCUT2D eigenvalue weighted by molar-refractivity contribution is -0.144. The molecule has 6 rings (SSSR count). The number of aliphatic carboxylic acids is 1. The highest BCUT2D eigenvalue weighted by Crippen LogP contribution is 2.39. The lowest BCUT2D eigenvalue weighted by Gasteiger charge is -2.33. The maximum atomic E-state index is 12.1. The van der Waals surface area contributed by atoms with Crippen molar-refractivity contribution in [3.05, 3.63) is 105 Å². The number of aliphatic hydroxyl groups excluding tert-OH is 1. The fraction of sp³-hybridized carbons (Fsp3) is 0.390. The molecule has 53 heavy (non-hydrogen) atoms. The number of piperidine rings is 1. The highest BCUT2D eigenvalue weighted by atomic mass is 35.5. The van der Waals surface area contributed by atoms with E-state index in [4.69, 9.17) is 37.4 Å². The standard InChI is InChI=1S/C41H44Cl2N4O6/c1-27-33(8-5-11-37(27)51-16-6-13-46-15-12-32(48)24-46)34-9-4-7-30(40(34)43)26-53-39-19-38(52-25-29-17-28(20-44)21-45-22-29)31(18-35(39)42)23-47-14-3-2-10-36(47)41(49)50/h4-5,7-9,11,17-19,21-22,32,36,48H,2-3,6,10,12-16,23-26H2,1H3,(H,49,50)/t32-,36+/m1/s1. The molecule has 3 aromatic carbocycles. The van der Waals surface area contributed by atoms with Crippen molar-refractivity contribution < 1.29 is 29.2 Å². The summed E-state index contributed by atoms with van der Waals surface area (Å²) in [5.74, 6) is 0.836. The van der Waals surface area contributed by atoms with Gasteiger partial charge in [0.05, 0.1) is 28.3 Å². The van der Waals surface area contributed by atoms with Crippen LogP contribution in [-0.4, -0.2) is 75.9 Å². The summed E-state index contributed by atoms with van der Waals surface area (Å²) in [7, 11) is 0. The van der Waals surface area contributed by atoms with Crippen molar-refractivity contribution >= 4 is 29.2 Å². The number of β-amino-alcohol motifs (C(OH)–C–C–N with tert-alkyl or cyclic N) is 1. The van der Waals surface area contributed by atoms with Crippen LogP contribution < -0.4 is 14.2 Å². The largest absolute Gasteiger partial charge is 0.493 e. The number of benzene rings is 3. The van der Waals surface area contributed by atoms with Crippen molar-refractivity contribution in [2.24, 2.45) is 0 Å². The molecule has 0 spiro atoms. The molecule has 0 bridgehead atoms. The van der Waals surface area contributed by atoms with Crippen LogP contribution in [0.25, 0.3) is 11.1 Å². The molecule has 2 N–H and O–H groups in total. The number of pyridine rings is 1. The second-order valence-corrected chi connectivity index (χ2v) is 14.4. The van der Waals surface area contributed by atoms with E-state index in [1.807, 2.05) is 48.2 Å². The summed E-state index contributed by atoms with van der Waals surface area (Å²) in [5.41, 5.74) is 5.43. The van der Waals surface area contributed by atoms with Gasteiger partial charge in [-0.1, -0.05) is 60.0 Å². The number of ether oxygens (including phenoxy) is 3. The first-order valence-electron chi connectivity index (χ1n) is 18.0. The predicted molar refractivity (Wildman–Crippen MR) is 204 cm³/mol. The minimum absolute atomic E-state index is 0.132. The van der Waals surface area contributed by atoms with Gasteiger partial charge < -0.3 is 29.3 Å². The fourth-order valence-corrected chi connectivity index (χ4v) is 7.54. The first kappa shape index (κ1) is 38.4. The summed E-state index contributed by atoms with van der Waals surface area (Å²) in [6.45, 7) is 6.39. The Hall–Kier alpha value is -4.37. The molecule has 2 aliphatic heterocycles. The summed E-state index contributed by atoms with van der Waals surface area (Å²) >= 11 is 13.9. The van der Waals surface area contributed by atoms with E-state index in [1.165, 1.54) is 6.20 Å². The van der Waals surface area contributed by atoms with Crippen LogP contribution >= 0.6 is 23.2 Å². The summed E-state index contributed by atoms with van der Waals surface area (Å²) in [4.78, 5) is 20.4. The minimum atomic E-state index is -0.846. The highest BCUT2D eigenvalue weighted by molar-refractivity contribution is 6.34. The van der Waals surface area contributed by atoms with E-state index in [0.29, 0.717) is 58.8 Å². The molecule has 0 amide bonds. The molecule has 3 heterocycles. The number of carbonyl (C=O) groups is 1. The van der Waals surface area contributed by atoms with Gasteiger partial charge in [0.2, 0.25) is 0 Å². The number of rotatable bonds is 15. The third kappa shape index (κ3) is 9.79. The van der Waals surface area contributed by atoms with E-state index in [0.717, 1.165) is 78.9 Å². The fourth-order valence-electron chi connectivity index (χ4n) is 7.01. The predicted octanol–water partition coefficient (Wildman–Crippen LogP) is 7.67. The van der Waals surface area contributed by atoms with Gasteiger partial charge in [-0.25, -0.2) is 0 Å². The van der Waals surface area contributed by atoms with E-state index in [9.17, 15) is 20.3 Å². The average molecular weight is 760 g/mol. The van der Waals surface area contributed by atoms with Crippen LogP contribution in [0.1, 0.15) is 59.9 Å². The van der Waals surface area contributed by atoms with Crippen LogP contribution in [-0.2, 0) is 24.6 Å². The van der Waals surface area contributed by atoms with E-state index in [1.54, 1.807) is 24.4 Å². The molecule has 0 aliphatic carbocycles. The molecule has 10 nitrogen and oxygen atoms in total. The topological polar surface area (TPSA) is 128 Å². The Kier molecular flexibility index (Phi) is 13.1. The van der Waals surface area contributed by atoms with Crippen molar-refractivity contribution in [3.63, 3.8) is 0 Å². The number of likely N-dealkylation sites (tertiary alicyclic amines) is 2. The van der Waals surface area contributed by atoms with Gasteiger partial charge in [0.15, 0.2) is 0 Å².